The molecule has 0 heterocycles. The number of rotatable bonds is 6. The summed E-state index contributed by atoms with van der Waals surface area (Å²) < 4.78 is 5.41. The van der Waals surface area contributed by atoms with E-state index in [-0.39, 0.29) is 5.54 Å². The van der Waals surface area contributed by atoms with Crippen LogP contribution in [-0.4, -0.2) is 43.8 Å². The average molecular weight is 214 g/mol. The molecule has 0 saturated heterocycles. The lowest BCUT2D eigenvalue weighted by atomic mass is 9.87. The van der Waals surface area contributed by atoms with Crippen LogP contribution in [0.1, 0.15) is 33.1 Å². The second-order valence-electron chi connectivity index (χ2n) is 4.72. The van der Waals surface area contributed by atoms with Gasteiger partial charge in [-0.15, -0.1) is 0 Å². The number of nitrogens with two attached hydrogens (primary N) is 1. The van der Waals surface area contributed by atoms with Gasteiger partial charge in [-0.3, -0.25) is 4.90 Å². The van der Waals surface area contributed by atoms with E-state index in [9.17, 15) is 0 Å². The molecule has 0 aromatic carbocycles. The van der Waals surface area contributed by atoms with Crippen LogP contribution < -0.4 is 5.73 Å². The molecule has 1 aliphatic carbocycles. The fourth-order valence-corrected chi connectivity index (χ4v) is 2.82. The standard InChI is InChI=1S/C12H26N2O/c1-4-15-9-8-14(3)12(10-13)7-5-6-11(12)2/h11H,4-10,13H2,1-3H3. The molecule has 2 atom stereocenters. The van der Waals surface area contributed by atoms with E-state index in [0.29, 0.717) is 5.92 Å². The van der Waals surface area contributed by atoms with E-state index in [2.05, 4.69) is 18.9 Å². The Hall–Kier alpha value is -0.120. The smallest absolute Gasteiger partial charge is 0.0593 e. The van der Waals surface area contributed by atoms with Crippen molar-refractivity contribution in [2.75, 3.05) is 33.4 Å². The summed E-state index contributed by atoms with van der Waals surface area (Å²) in [6.07, 6.45) is 3.88. The highest BCUT2D eigenvalue weighted by atomic mass is 16.5. The van der Waals surface area contributed by atoms with Gasteiger partial charge in [0.05, 0.1) is 6.61 Å². The number of hydrogen-bond acceptors (Lipinski definition) is 3. The zero-order valence-electron chi connectivity index (χ0n) is 10.5. The Morgan fingerprint density at radius 2 is 2.27 bits per heavy atom. The maximum absolute atomic E-state index is 5.98. The van der Waals surface area contributed by atoms with Gasteiger partial charge in [0.1, 0.15) is 0 Å². The van der Waals surface area contributed by atoms with Crippen LogP contribution in [0.25, 0.3) is 0 Å². The minimum atomic E-state index is 0.233. The summed E-state index contributed by atoms with van der Waals surface area (Å²) in [7, 11) is 2.19. The summed E-state index contributed by atoms with van der Waals surface area (Å²) >= 11 is 0. The van der Waals surface area contributed by atoms with Gasteiger partial charge in [-0.25, -0.2) is 0 Å². The van der Waals surface area contributed by atoms with E-state index < -0.39 is 0 Å². The third-order valence-corrected chi connectivity index (χ3v) is 4.05. The molecule has 0 aromatic rings. The first-order valence-corrected chi connectivity index (χ1v) is 6.16. The molecule has 15 heavy (non-hydrogen) atoms. The molecule has 1 aliphatic rings. The summed E-state index contributed by atoms with van der Waals surface area (Å²) in [5, 5.41) is 0. The molecule has 1 fully saturated rings. The van der Waals surface area contributed by atoms with E-state index in [1.807, 2.05) is 6.92 Å². The maximum atomic E-state index is 5.98. The maximum Gasteiger partial charge on any atom is 0.0593 e. The van der Waals surface area contributed by atoms with Crippen LogP contribution in [0.2, 0.25) is 0 Å². The predicted molar refractivity (Wildman–Crippen MR) is 63.9 cm³/mol. The largest absolute Gasteiger partial charge is 0.380 e. The monoisotopic (exact) mass is 214 g/mol. The first kappa shape index (κ1) is 12.9. The molecule has 1 rings (SSSR count). The second kappa shape index (κ2) is 5.83. The number of likely N-dealkylation sites (N-methyl/N-ethyl adjacent to an activating group) is 1. The summed E-state index contributed by atoms with van der Waals surface area (Å²) in [5.41, 5.74) is 6.22. The van der Waals surface area contributed by atoms with Crippen LogP contribution in [0.5, 0.6) is 0 Å². The van der Waals surface area contributed by atoms with Gasteiger partial charge in [0, 0.05) is 25.2 Å². The molecule has 1 saturated carbocycles. The van der Waals surface area contributed by atoms with Crippen molar-refractivity contribution in [1.82, 2.24) is 4.90 Å². The lowest BCUT2D eigenvalue weighted by molar-refractivity contribution is 0.0496. The molecule has 0 bridgehead atoms. The van der Waals surface area contributed by atoms with Crippen LogP contribution in [0, 0.1) is 5.92 Å². The van der Waals surface area contributed by atoms with E-state index in [1.165, 1.54) is 19.3 Å². The van der Waals surface area contributed by atoms with E-state index >= 15 is 0 Å². The molecule has 0 spiro atoms. The fraction of sp³-hybridized carbons (Fsp3) is 1.00. The molecule has 90 valence electrons. The molecular formula is C12H26N2O. The Bertz CT molecular complexity index is 186. The van der Waals surface area contributed by atoms with Crippen molar-refractivity contribution in [3.05, 3.63) is 0 Å². The summed E-state index contributed by atoms with van der Waals surface area (Å²) in [4.78, 5) is 2.42. The highest BCUT2D eigenvalue weighted by molar-refractivity contribution is 4.99. The zero-order chi connectivity index (χ0) is 11.3. The van der Waals surface area contributed by atoms with Crippen molar-refractivity contribution in [1.29, 1.82) is 0 Å². The van der Waals surface area contributed by atoms with Crippen molar-refractivity contribution in [3.8, 4) is 0 Å². The van der Waals surface area contributed by atoms with E-state index in [4.69, 9.17) is 10.5 Å². The molecule has 0 aliphatic heterocycles. The predicted octanol–water partition coefficient (Wildman–Crippen LogP) is 1.47. The third kappa shape index (κ3) is 2.71. The van der Waals surface area contributed by atoms with Crippen LogP contribution in [0.4, 0.5) is 0 Å². The number of ether oxygens (including phenoxy) is 1. The minimum Gasteiger partial charge on any atom is -0.380 e. The SMILES string of the molecule is CCOCCN(C)C1(CN)CCCC1C. The van der Waals surface area contributed by atoms with Gasteiger partial charge in [0.2, 0.25) is 0 Å². The quantitative estimate of drug-likeness (QED) is 0.681. The molecule has 3 heteroatoms. The molecule has 2 unspecified atom stereocenters. The van der Waals surface area contributed by atoms with Gasteiger partial charge >= 0.3 is 0 Å². The Balaban J connectivity index is 2.49. The van der Waals surface area contributed by atoms with Gasteiger partial charge in [-0.1, -0.05) is 13.3 Å². The molecule has 0 amide bonds. The van der Waals surface area contributed by atoms with Crippen LogP contribution >= 0.6 is 0 Å². The molecule has 2 N–H and O–H groups in total. The van der Waals surface area contributed by atoms with Gasteiger partial charge in [0.25, 0.3) is 0 Å². The Labute approximate surface area is 94.0 Å². The number of nitrogens with zero attached hydrogens (tertiary/aromatic N) is 1. The van der Waals surface area contributed by atoms with Crippen LogP contribution in [0.3, 0.4) is 0 Å². The zero-order valence-corrected chi connectivity index (χ0v) is 10.5. The topological polar surface area (TPSA) is 38.5 Å². The van der Waals surface area contributed by atoms with Crippen molar-refractivity contribution < 1.29 is 4.74 Å². The van der Waals surface area contributed by atoms with Gasteiger partial charge in [-0.05, 0) is 32.7 Å². The average Bonchev–Trinajstić information content (AvgIpc) is 2.61. The van der Waals surface area contributed by atoms with Gasteiger partial charge in [0.15, 0.2) is 0 Å². The lowest BCUT2D eigenvalue weighted by Crippen LogP contribution is -2.54. The third-order valence-electron chi connectivity index (χ3n) is 4.05. The molecule has 0 radical (unpaired) electrons. The number of hydrogen-bond donors (Lipinski definition) is 1. The Kier molecular flexibility index (Phi) is 5.03. The van der Waals surface area contributed by atoms with Crippen molar-refractivity contribution in [2.45, 2.75) is 38.6 Å². The molecular weight excluding hydrogens is 188 g/mol. The highest BCUT2D eigenvalue weighted by Gasteiger charge is 2.41. The van der Waals surface area contributed by atoms with Crippen molar-refractivity contribution >= 4 is 0 Å². The first-order chi connectivity index (χ1) is 7.17. The van der Waals surface area contributed by atoms with Gasteiger partial charge < -0.3 is 10.5 Å². The van der Waals surface area contributed by atoms with Crippen molar-refractivity contribution in [2.24, 2.45) is 11.7 Å². The second-order valence-corrected chi connectivity index (χ2v) is 4.72. The van der Waals surface area contributed by atoms with E-state index in [0.717, 1.165) is 26.3 Å². The summed E-state index contributed by atoms with van der Waals surface area (Å²) in [5.74, 6) is 0.717. The van der Waals surface area contributed by atoms with Gasteiger partial charge in [-0.2, -0.15) is 0 Å². The summed E-state index contributed by atoms with van der Waals surface area (Å²) in [6.45, 7) is 7.76. The molecule has 3 nitrogen and oxygen atoms in total. The normalized spacial score (nSPS) is 31.4. The Morgan fingerprint density at radius 3 is 2.73 bits per heavy atom. The molecule has 0 aromatic heterocycles. The highest BCUT2D eigenvalue weighted by Crippen LogP contribution is 2.38. The summed E-state index contributed by atoms with van der Waals surface area (Å²) in [6, 6.07) is 0. The van der Waals surface area contributed by atoms with Crippen LogP contribution in [-0.2, 0) is 4.74 Å². The Morgan fingerprint density at radius 1 is 1.53 bits per heavy atom. The minimum absolute atomic E-state index is 0.233. The lowest BCUT2D eigenvalue weighted by Gasteiger charge is -2.41. The van der Waals surface area contributed by atoms with Crippen LogP contribution in [0.15, 0.2) is 0 Å². The first-order valence-electron chi connectivity index (χ1n) is 6.16. The fourth-order valence-electron chi connectivity index (χ4n) is 2.82. The van der Waals surface area contributed by atoms with E-state index in [1.54, 1.807) is 0 Å². The van der Waals surface area contributed by atoms with Crippen molar-refractivity contribution in [3.63, 3.8) is 0 Å².